The van der Waals surface area contributed by atoms with Crippen LogP contribution in [0.5, 0.6) is 11.5 Å². The van der Waals surface area contributed by atoms with Gasteiger partial charge in [-0.3, -0.25) is 4.79 Å². The number of carbonyl (C=O) groups excluding carboxylic acids is 1. The lowest BCUT2D eigenvalue weighted by Gasteiger charge is -2.17. The van der Waals surface area contributed by atoms with Crippen LogP contribution in [-0.4, -0.2) is 33.5 Å². The van der Waals surface area contributed by atoms with Gasteiger partial charge in [-0.25, -0.2) is 0 Å². The van der Waals surface area contributed by atoms with Gasteiger partial charge >= 0.3 is 0 Å². The van der Waals surface area contributed by atoms with E-state index in [1.165, 1.54) is 11.8 Å². The van der Waals surface area contributed by atoms with E-state index >= 15 is 0 Å². The molecule has 0 aliphatic rings. The van der Waals surface area contributed by atoms with Crippen LogP contribution >= 0.6 is 11.8 Å². The van der Waals surface area contributed by atoms with Crippen LogP contribution in [0.2, 0.25) is 0 Å². The molecule has 7 nitrogen and oxygen atoms in total. The molecule has 0 bridgehead atoms. The van der Waals surface area contributed by atoms with Crippen molar-refractivity contribution in [2.75, 3.05) is 12.9 Å². The zero-order valence-corrected chi connectivity index (χ0v) is 19.1. The zero-order chi connectivity index (χ0) is 22.2. The molecule has 2 unspecified atom stereocenters. The average molecular weight is 441 g/mol. The van der Waals surface area contributed by atoms with Crippen LogP contribution in [0.4, 0.5) is 0 Å². The molecule has 1 heterocycles. The standard InChI is InChI=1S/C23H28N4O3S/c1-5-27-22(17(3)30-20-14-10-9-13-19(20)29-4)25-26-23(27)31-15-21(28)24-16(2)18-11-7-6-8-12-18/h6-14,16-17H,5,15H2,1-4H3,(H,24,28). The van der Waals surface area contributed by atoms with Crippen molar-refractivity contribution in [2.45, 2.75) is 44.6 Å². The second-order valence-electron chi connectivity index (χ2n) is 6.98. The molecule has 2 atom stereocenters. The van der Waals surface area contributed by atoms with Crippen LogP contribution in [0.1, 0.15) is 44.3 Å². The first-order valence-electron chi connectivity index (χ1n) is 10.2. The second-order valence-corrected chi connectivity index (χ2v) is 7.93. The fourth-order valence-electron chi connectivity index (χ4n) is 3.20. The number of methoxy groups -OCH3 is 1. The summed E-state index contributed by atoms with van der Waals surface area (Å²) >= 11 is 1.37. The van der Waals surface area contributed by atoms with Gasteiger partial charge in [-0.15, -0.1) is 10.2 Å². The highest BCUT2D eigenvalue weighted by atomic mass is 32.2. The summed E-state index contributed by atoms with van der Waals surface area (Å²) in [5.41, 5.74) is 1.07. The van der Waals surface area contributed by atoms with E-state index in [9.17, 15) is 4.79 Å². The largest absolute Gasteiger partial charge is 0.493 e. The molecular formula is C23H28N4O3S. The van der Waals surface area contributed by atoms with Gasteiger partial charge < -0.3 is 19.4 Å². The lowest BCUT2D eigenvalue weighted by atomic mass is 10.1. The SMILES string of the molecule is CCn1c(SCC(=O)NC(C)c2ccccc2)nnc1C(C)Oc1ccccc1OC. The summed E-state index contributed by atoms with van der Waals surface area (Å²) in [5.74, 6) is 2.22. The van der Waals surface area contributed by atoms with Crippen molar-refractivity contribution >= 4 is 17.7 Å². The third-order valence-corrected chi connectivity index (χ3v) is 5.77. The first-order chi connectivity index (χ1) is 15.0. The molecule has 0 aliphatic carbocycles. The molecule has 1 amide bonds. The number of aromatic nitrogens is 3. The smallest absolute Gasteiger partial charge is 0.230 e. The molecule has 3 aromatic rings. The summed E-state index contributed by atoms with van der Waals surface area (Å²) < 4.78 is 13.4. The highest BCUT2D eigenvalue weighted by Crippen LogP contribution is 2.31. The number of nitrogens with zero attached hydrogens (tertiary/aromatic N) is 3. The third kappa shape index (κ3) is 5.79. The molecule has 31 heavy (non-hydrogen) atoms. The van der Waals surface area contributed by atoms with E-state index in [0.29, 0.717) is 29.0 Å². The third-order valence-electron chi connectivity index (χ3n) is 4.81. The fourth-order valence-corrected chi connectivity index (χ4v) is 4.02. The molecule has 0 aliphatic heterocycles. The number of carbonyl (C=O) groups is 1. The number of hydrogen-bond donors (Lipinski definition) is 1. The van der Waals surface area contributed by atoms with Crippen LogP contribution < -0.4 is 14.8 Å². The normalized spacial score (nSPS) is 12.8. The van der Waals surface area contributed by atoms with Gasteiger partial charge in [0.15, 0.2) is 28.6 Å². The summed E-state index contributed by atoms with van der Waals surface area (Å²) in [6.07, 6.45) is -0.329. The maximum absolute atomic E-state index is 12.4. The van der Waals surface area contributed by atoms with E-state index in [1.54, 1.807) is 7.11 Å². The van der Waals surface area contributed by atoms with Crippen molar-refractivity contribution < 1.29 is 14.3 Å². The van der Waals surface area contributed by atoms with E-state index < -0.39 is 0 Å². The van der Waals surface area contributed by atoms with Gasteiger partial charge in [0.1, 0.15) is 0 Å². The van der Waals surface area contributed by atoms with Crippen LogP contribution in [0.15, 0.2) is 59.8 Å². The van der Waals surface area contributed by atoms with Gasteiger partial charge in [-0.05, 0) is 38.5 Å². The minimum Gasteiger partial charge on any atom is -0.493 e. The maximum atomic E-state index is 12.4. The summed E-state index contributed by atoms with van der Waals surface area (Å²) in [6.45, 7) is 6.59. The zero-order valence-electron chi connectivity index (χ0n) is 18.2. The molecule has 2 aromatic carbocycles. The van der Waals surface area contributed by atoms with E-state index in [4.69, 9.17) is 9.47 Å². The summed E-state index contributed by atoms with van der Waals surface area (Å²) in [6, 6.07) is 17.3. The van der Waals surface area contributed by atoms with E-state index in [1.807, 2.05) is 79.9 Å². The maximum Gasteiger partial charge on any atom is 0.230 e. The van der Waals surface area contributed by atoms with Crippen molar-refractivity contribution in [3.63, 3.8) is 0 Å². The molecule has 164 valence electrons. The Hall–Kier alpha value is -3.00. The van der Waals surface area contributed by atoms with Crippen LogP contribution in [-0.2, 0) is 11.3 Å². The number of benzene rings is 2. The molecule has 1 N–H and O–H groups in total. The Kier molecular flexibility index (Phi) is 7.94. The predicted octanol–water partition coefficient (Wildman–Crippen LogP) is 4.42. The monoisotopic (exact) mass is 440 g/mol. The molecular weight excluding hydrogens is 412 g/mol. The van der Waals surface area contributed by atoms with Crippen molar-refractivity contribution in [1.82, 2.24) is 20.1 Å². The van der Waals surface area contributed by atoms with Crippen LogP contribution in [0, 0.1) is 0 Å². The number of para-hydroxylation sites is 2. The Labute approximate surface area is 187 Å². The number of ether oxygens (including phenoxy) is 2. The fraction of sp³-hybridized carbons (Fsp3) is 0.348. The van der Waals surface area contributed by atoms with Gasteiger partial charge in [0, 0.05) is 6.54 Å². The number of rotatable bonds is 10. The predicted molar refractivity (Wildman–Crippen MR) is 121 cm³/mol. The average Bonchev–Trinajstić information content (AvgIpc) is 3.21. The summed E-state index contributed by atoms with van der Waals surface area (Å²) in [4.78, 5) is 12.4. The van der Waals surface area contributed by atoms with Gasteiger partial charge in [0.25, 0.3) is 0 Å². The lowest BCUT2D eigenvalue weighted by Crippen LogP contribution is -2.28. The molecule has 0 spiro atoms. The first-order valence-corrected chi connectivity index (χ1v) is 11.2. The van der Waals surface area contributed by atoms with Crippen LogP contribution in [0.3, 0.4) is 0 Å². The Morgan fingerprint density at radius 1 is 1.06 bits per heavy atom. The molecule has 1 aromatic heterocycles. The first kappa shape index (κ1) is 22.7. The topological polar surface area (TPSA) is 78.3 Å². The minimum atomic E-state index is -0.329. The van der Waals surface area contributed by atoms with Crippen molar-refractivity contribution in [3.05, 3.63) is 66.0 Å². The molecule has 0 radical (unpaired) electrons. The molecule has 0 saturated carbocycles. The number of amides is 1. The Bertz CT molecular complexity index is 993. The van der Waals surface area contributed by atoms with Gasteiger partial charge in [-0.1, -0.05) is 54.2 Å². The lowest BCUT2D eigenvalue weighted by molar-refractivity contribution is -0.119. The molecule has 0 saturated heterocycles. The van der Waals surface area contributed by atoms with Gasteiger partial charge in [-0.2, -0.15) is 0 Å². The second kappa shape index (κ2) is 10.9. The Balaban J connectivity index is 1.62. The van der Waals surface area contributed by atoms with E-state index in [-0.39, 0.29) is 23.8 Å². The molecule has 3 rings (SSSR count). The Morgan fingerprint density at radius 2 is 1.74 bits per heavy atom. The number of hydrogen-bond acceptors (Lipinski definition) is 6. The van der Waals surface area contributed by atoms with E-state index in [0.717, 1.165) is 5.56 Å². The molecule has 0 fully saturated rings. The molecule has 8 heteroatoms. The highest BCUT2D eigenvalue weighted by Gasteiger charge is 2.21. The van der Waals surface area contributed by atoms with Gasteiger partial charge in [0.2, 0.25) is 5.91 Å². The van der Waals surface area contributed by atoms with Crippen LogP contribution in [0.25, 0.3) is 0 Å². The summed E-state index contributed by atoms with van der Waals surface area (Å²) in [7, 11) is 1.61. The number of thioether (sulfide) groups is 1. The van der Waals surface area contributed by atoms with Gasteiger partial charge in [0.05, 0.1) is 18.9 Å². The Morgan fingerprint density at radius 3 is 2.42 bits per heavy atom. The van der Waals surface area contributed by atoms with E-state index in [2.05, 4.69) is 15.5 Å². The van der Waals surface area contributed by atoms with Crippen molar-refractivity contribution in [3.8, 4) is 11.5 Å². The quantitative estimate of drug-likeness (QED) is 0.470. The summed E-state index contributed by atoms with van der Waals surface area (Å²) in [5, 5.41) is 12.3. The van der Waals surface area contributed by atoms with Crippen molar-refractivity contribution in [1.29, 1.82) is 0 Å². The number of nitrogens with one attached hydrogen (secondary N) is 1. The van der Waals surface area contributed by atoms with Crippen molar-refractivity contribution in [2.24, 2.45) is 0 Å². The minimum absolute atomic E-state index is 0.0492. The highest BCUT2D eigenvalue weighted by molar-refractivity contribution is 7.99.